The van der Waals surface area contributed by atoms with Gasteiger partial charge in [-0.2, -0.15) is 0 Å². The van der Waals surface area contributed by atoms with Gasteiger partial charge in [0.25, 0.3) is 5.91 Å². The molecule has 0 fully saturated rings. The number of nitrogens with one attached hydrogen (secondary N) is 1. The maximum atomic E-state index is 11.8. The van der Waals surface area contributed by atoms with Crippen LogP contribution in [0.25, 0.3) is 0 Å². The quantitative estimate of drug-likeness (QED) is 0.908. The van der Waals surface area contributed by atoms with Gasteiger partial charge in [-0.1, -0.05) is 23.2 Å². The normalized spacial score (nSPS) is 14.1. The molecule has 0 bridgehead atoms. The molecule has 2 unspecified atom stereocenters. The first kappa shape index (κ1) is 14.3. The van der Waals surface area contributed by atoms with Crippen LogP contribution in [0.3, 0.4) is 0 Å². The highest BCUT2D eigenvalue weighted by molar-refractivity contribution is 7.84. The molecule has 0 aliphatic carbocycles. The van der Waals surface area contributed by atoms with Crippen LogP contribution in [-0.2, 0) is 10.8 Å². The van der Waals surface area contributed by atoms with E-state index in [-0.39, 0.29) is 21.9 Å². The van der Waals surface area contributed by atoms with Gasteiger partial charge in [0.15, 0.2) is 10.3 Å². The van der Waals surface area contributed by atoms with Crippen molar-refractivity contribution >= 4 is 39.9 Å². The molecule has 1 amide bonds. The third kappa shape index (κ3) is 4.57. The molecule has 1 aromatic heterocycles. The van der Waals surface area contributed by atoms with E-state index in [1.807, 2.05) is 0 Å². The summed E-state index contributed by atoms with van der Waals surface area (Å²) < 4.78 is 11.0. The molecule has 0 saturated carbocycles. The van der Waals surface area contributed by atoms with Crippen LogP contribution in [0.1, 0.15) is 17.3 Å². The highest BCUT2D eigenvalue weighted by atomic mass is 35.5. The van der Waals surface area contributed by atoms with E-state index in [1.165, 1.54) is 6.07 Å². The molecule has 0 saturated heterocycles. The highest BCUT2D eigenvalue weighted by Gasteiger charge is 2.15. The molecule has 0 aliphatic heterocycles. The van der Waals surface area contributed by atoms with Crippen LogP contribution in [0.15, 0.2) is 6.07 Å². The fraction of sp³-hybridized carbons (Fsp3) is 0.444. The van der Waals surface area contributed by atoms with Crippen molar-refractivity contribution < 1.29 is 9.00 Å². The van der Waals surface area contributed by atoms with Crippen LogP contribution in [0, 0.1) is 0 Å². The smallest absolute Gasteiger partial charge is 0.254 e. The fourth-order valence-electron chi connectivity index (χ4n) is 1.21. The number of carbonyl (C=O) groups is 1. The molecule has 5 nitrogen and oxygen atoms in total. The standard InChI is InChI=1S/C9H11Cl2N3O2S/c1-5(4-17(2)16)12-9(15)6-3-7(10)13-14-8(6)11/h3,5H,4H2,1-2H3,(H,12,15). The molecule has 1 heterocycles. The summed E-state index contributed by atoms with van der Waals surface area (Å²) in [5, 5.41) is 9.76. The Morgan fingerprint density at radius 2 is 2.18 bits per heavy atom. The first-order valence-corrected chi connectivity index (χ1v) is 7.18. The number of nitrogens with zero attached hydrogens (tertiary/aromatic N) is 2. The summed E-state index contributed by atoms with van der Waals surface area (Å²) in [5.74, 6) is -0.0416. The SMILES string of the molecule is CC(CS(C)=O)NC(=O)c1cc(Cl)nnc1Cl. The van der Waals surface area contributed by atoms with E-state index in [9.17, 15) is 9.00 Å². The largest absolute Gasteiger partial charge is 0.349 e. The van der Waals surface area contributed by atoms with Crippen molar-refractivity contribution in [2.24, 2.45) is 0 Å². The van der Waals surface area contributed by atoms with Gasteiger partial charge in [-0.3, -0.25) is 9.00 Å². The zero-order valence-corrected chi connectivity index (χ0v) is 11.6. The Kier molecular flexibility index (Phi) is 5.30. The van der Waals surface area contributed by atoms with Crippen LogP contribution < -0.4 is 5.32 Å². The van der Waals surface area contributed by atoms with Gasteiger partial charge in [-0.05, 0) is 13.0 Å². The van der Waals surface area contributed by atoms with Crippen molar-refractivity contribution in [3.63, 3.8) is 0 Å². The lowest BCUT2D eigenvalue weighted by atomic mass is 10.2. The summed E-state index contributed by atoms with van der Waals surface area (Å²) in [4.78, 5) is 11.8. The third-order valence-corrected chi connectivity index (χ3v) is 3.26. The predicted octanol–water partition coefficient (Wildman–Crippen LogP) is 1.28. The summed E-state index contributed by atoms with van der Waals surface area (Å²) in [7, 11) is -0.980. The van der Waals surface area contributed by atoms with Crippen LogP contribution >= 0.6 is 23.2 Å². The Labute approximate surface area is 111 Å². The minimum Gasteiger partial charge on any atom is -0.349 e. The van der Waals surface area contributed by atoms with Crippen LogP contribution in [0.4, 0.5) is 0 Å². The fourth-order valence-corrected chi connectivity index (χ4v) is 2.32. The van der Waals surface area contributed by atoms with Gasteiger partial charge in [-0.15, -0.1) is 10.2 Å². The molecule has 0 aliphatic rings. The van der Waals surface area contributed by atoms with E-state index < -0.39 is 16.7 Å². The molecule has 0 radical (unpaired) electrons. The summed E-state index contributed by atoms with van der Waals surface area (Å²) >= 11 is 11.3. The summed E-state index contributed by atoms with van der Waals surface area (Å²) in [6.07, 6.45) is 1.57. The molecule has 8 heteroatoms. The summed E-state index contributed by atoms with van der Waals surface area (Å²) in [5.41, 5.74) is 0.153. The van der Waals surface area contributed by atoms with Gasteiger partial charge in [0.2, 0.25) is 0 Å². The Bertz CT molecular complexity index is 456. The van der Waals surface area contributed by atoms with E-state index >= 15 is 0 Å². The van der Waals surface area contributed by atoms with Gasteiger partial charge in [0.1, 0.15) is 0 Å². The van der Waals surface area contributed by atoms with E-state index in [2.05, 4.69) is 15.5 Å². The number of hydrogen-bond donors (Lipinski definition) is 1. The first-order chi connectivity index (χ1) is 7.90. The van der Waals surface area contributed by atoms with Gasteiger partial charge in [0.05, 0.1) is 5.56 Å². The molecule has 1 N–H and O–H groups in total. The second-order valence-electron chi connectivity index (χ2n) is 3.49. The average Bonchev–Trinajstić information content (AvgIpc) is 2.20. The number of rotatable bonds is 4. The molecule has 1 rings (SSSR count). The van der Waals surface area contributed by atoms with E-state index in [0.717, 1.165) is 0 Å². The molecule has 1 aromatic rings. The Morgan fingerprint density at radius 3 is 2.76 bits per heavy atom. The second-order valence-corrected chi connectivity index (χ2v) is 5.71. The maximum absolute atomic E-state index is 11.8. The average molecular weight is 296 g/mol. The molecular weight excluding hydrogens is 285 g/mol. The minimum absolute atomic E-state index is 0.0169. The zero-order chi connectivity index (χ0) is 13.0. The molecule has 94 valence electrons. The van der Waals surface area contributed by atoms with Crippen molar-refractivity contribution in [1.29, 1.82) is 0 Å². The topological polar surface area (TPSA) is 72.0 Å². The third-order valence-electron chi connectivity index (χ3n) is 1.83. The molecule has 0 spiro atoms. The minimum atomic E-state index is -0.980. The summed E-state index contributed by atoms with van der Waals surface area (Å²) in [6, 6.07) is 1.11. The number of halogens is 2. The highest BCUT2D eigenvalue weighted by Crippen LogP contribution is 2.15. The predicted molar refractivity (Wildman–Crippen MR) is 67.9 cm³/mol. The van der Waals surface area contributed by atoms with Gasteiger partial charge < -0.3 is 5.32 Å². The molecule has 0 aromatic carbocycles. The lowest BCUT2D eigenvalue weighted by molar-refractivity contribution is 0.0943. The lowest BCUT2D eigenvalue weighted by Crippen LogP contribution is -2.36. The van der Waals surface area contributed by atoms with Crippen molar-refractivity contribution in [3.8, 4) is 0 Å². The maximum Gasteiger partial charge on any atom is 0.254 e. The number of hydrogen-bond acceptors (Lipinski definition) is 4. The summed E-state index contributed by atoms with van der Waals surface area (Å²) in [6.45, 7) is 1.75. The second kappa shape index (κ2) is 6.28. The number of amides is 1. The molecule has 17 heavy (non-hydrogen) atoms. The monoisotopic (exact) mass is 295 g/mol. The Morgan fingerprint density at radius 1 is 1.53 bits per heavy atom. The van der Waals surface area contributed by atoms with Gasteiger partial charge >= 0.3 is 0 Å². The first-order valence-electron chi connectivity index (χ1n) is 4.69. The van der Waals surface area contributed by atoms with E-state index in [1.54, 1.807) is 13.2 Å². The van der Waals surface area contributed by atoms with E-state index in [0.29, 0.717) is 5.75 Å². The lowest BCUT2D eigenvalue weighted by Gasteiger charge is -2.12. The van der Waals surface area contributed by atoms with Crippen LogP contribution in [-0.4, -0.2) is 38.4 Å². The molecule has 2 atom stereocenters. The molecular formula is C9H11Cl2N3O2S. The van der Waals surface area contributed by atoms with Gasteiger partial charge in [-0.25, -0.2) is 0 Å². The van der Waals surface area contributed by atoms with Crippen molar-refractivity contribution in [3.05, 3.63) is 21.9 Å². The van der Waals surface area contributed by atoms with Gasteiger partial charge in [0, 0.05) is 28.9 Å². The van der Waals surface area contributed by atoms with Crippen molar-refractivity contribution in [2.45, 2.75) is 13.0 Å². The van der Waals surface area contributed by atoms with Crippen molar-refractivity contribution in [2.75, 3.05) is 12.0 Å². The Hall–Kier alpha value is -0.720. The van der Waals surface area contributed by atoms with Crippen molar-refractivity contribution in [1.82, 2.24) is 15.5 Å². The number of carbonyl (C=O) groups excluding carboxylic acids is 1. The zero-order valence-electron chi connectivity index (χ0n) is 9.24. The van der Waals surface area contributed by atoms with Crippen LogP contribution in [0.2, 0.25) is 10.3 Å². The van der Waals surface area contributed by atoms with E-state index in [4.69, 9.17) is 23.2 Å². The number of aromatic nitrogens is 2. The van der Waals surface area contributed by atoms with Crippen LogP contribution in [0.5, 0.6) is 0 Å². The Balaban J connectivity index is 2.76.